The molecule has 0 fully saturated rings. The van der Waals surface area contributed by atoms with Crippen LogP contribution in [0.4, 0.5) is 0 Å². The van der Waals surface area contributed by atoms with Gasteiger partial charge in [-0.2, -0.15) is 0 Å². The maximum Gasteiger partial charge on any atom is 0.237 e. The largest absolute Gasteiger partial charge is 0.361 e. The molecule has 0 aliphatic heterocycles. The van der Waals surface area contributed by atoms with Gasteiger partial charge in [0.25, 0.3) is 0 Å². The topological polar surface area (TPSA) is 76.7 Å². The summed E-state index contributed by atoms with van der Waals surface area (Å²) in [6.45, 7) is 9.71. The number of unbranched alkanes of at least 4 members (excludes halogenated alkanes) is 2. The van der Waals surface area contributed by atoms with Crippen LogP contribution in [0.3, 0.4) is 0 Å². The summed E-state index contributed by atoms with van der Waals surface area (Å²) in [4.78, 5) is 27.6. The number of benzene rings is 4. The molecule has 0 saturated heterocycles. The summed E-state index contributed by atoms with van der Waals surface area (Å²) < 4.78 is 11.6. The minimum atomic E-state index is -0.824. The van der Waals surface area contributed by atoms with E-state index < -0.39 is 10.8 Å². The summed E-state index contributed by atoms with van der Waals surface area (Å²) in [6.07, 6.45) is 2.60. The summed E-state index contributed by atoms with van der Waals surface area (Å²) in [5.74, 6) is -0.0890. The number of nitrogens with one attached hydrogen (secondary N) is 2. The van der Waals surface area contributed by atoms with E-state index in [1.54, 1.807) is 0 Å². The van der Waals surface area contributed by atoms with Crippen LogP contribution in [0.1, 0.15) is 69.2 Å². The van der Waals surface area contributed by atoms with Crippen LogP contribution in [0.15, 0.2) is 121 Å². The molecule has 0 aliphatic rings. The van der Waals surface area contributed by atoms with E-state index in [4.69, 9.17) is 9.47 Å². The average molecular weight is 635 g/mol. The van der Waals surface area contributed by atoms with Gasteiger partial charge in [0.05, 0.1) is 0 Å². The Morgan fingerprint density at radius 3 is 1.02 bits per heavy atom. The van der Waals surface area contributed by atoms with Gasteiger partial charge in [-0.25, -0.2) is 0 Å². The van der Waals surface area contributed by atoms with Gasteiger partial charge >= 0.3 is 0 Å². The third-order valence-corrected chi connectivity index (χ3v) is 9.11. The van der Waals surface area contributed by atoms with Gasteiger partial charge in [-0.15, -0.1) is 0 Å². The fourth-order valence-electron chi connectivity index (χ4n) is 6.76. The normalized spacial score (nSPS) is 11.9. The molecule has 0 aliphatic carbocycles. The van der Waals surface area contributed by atoms with Gasteiger partial charge in [0.1, 0.15) is 24.3 Å². The molecule has 4 aromatic rings. The van der Waals surface area contributed by atoms with E-state index in [0.717, 1.165) is 41.5 Å². The zero-order chi connectivity index (χ0) is 33.5. The lowest BCUT2D eigenvalue weighted by Crippen LogP contribution is -2.49. The van der Waals surface area contributed by atoms with Gasteiger partial charge in [0, 0.05) is 13.2 Å². The molecule has 4 aromatic carbocycles. The van der Waals surface area contributed by atoms with Gasteiger partial charge < -0.3 is 20.1 Å². The van der Waals surface area contributed by atoms with E-state index in [0.29, 0.717) is 13.2 Å². The quantitative estimate of drug-likeness (QED) is 0.0872. The molecular formula is C41H50N2O4. The van der Waals surface area contributed by atoms with Crippen molar-refractivity contribution in [3.63, 3.8) is 0 Å². The fraction of sp³-hybridized carbons (Fsp3) is 0.366. The number of carbonyl (C=O) groups is 2. The first-order chi connectivity index (χ1) is 22.9. The monoisotopic (exact) mass is 634 g/mol. The first kappa shape index (κ1) is 35.6. The Bertz CT molecular complexity index is 1300. The summed E-state index contributed by atoms with van der Waals surface area (Å²) in [5, 5.41) is 6.10. The fourth-order valence-corrected chi connectivity index (χ4v) is 6.76. The second-order valence-electron chi connectivity index (χ2n) is 12.6. The van der Waals surface area contributed by atoms with Crippen molar-refractivity contribution in [1.82, 2.24) is 10.6 Å². The second-order valence-corrected chi connectivity index (χ2v) is 12.6. The SMILES string of the molecule is CC(C)C(C(=O)NCOCCCCCOCNC(=O)C(c1ccccc1)(c1ccccc1)C(C)C)(c1ccccc1)c1ccccc1. The lowest BCUT2D eigenvalue weighted by molar-refractivity contribution is -0.129. The van der Waals surface area contributed by atoms with E-state index in [1.165, 1.54) is 0 Å². The highest BCUT2D eigenvalue weighted by Crippen LogP contribution is 2.41. The van der Waals surface area contributed by atoms with Crippen LogP contribution in [-0.2, 0) is 29.9 Å². The van der Waals surface area contributed by atoms with Crippen molar-refractivity contribution in [1.29, 1.82) is 0 Å². The molecule has 0 bridgehead atoms. The summed E-state index contributed by atoms with van der Waals surface area (Å²) in [5.41, 5.74) is 2.20. The Hall–Kier alpha value is -4.26. The van der Waals surface area contributed by atoms with Crippen LogP contribution >= 0.6 is 0 Å². The van der Waals surface area contributed by atoms with Crippen LogP contribution < -0.4 is 10.6 Å². The Kier molecular flexibility index (Phi) is 13.3. The summed E-state index contributed by atoms with van der Waals surface area (Å²) in [7, 11) is 0. The van der Waals surface area contributed by atoms with Crippen LogP contribution in [0.25, 0.3) is 0 Å². The molecule has 248 valence electrons. The number of hydrogen-bond acceptors (Lipinski definition) is 4. The third kappa shape index (κ3) is 8.19. The molecule has 6 nitrogen and oxygen atoms in total. The van der Waals surface area contributed by atoms with Gasteiger partial charge in [-0.3, -0.25) is 9.59 Å². The van der Waals surface area contributed by atoms with Crippen molar-refractivity contribution < 1.29 is 19.1 Å². The van der Waals surface area contributed by atoms with Gasteiger partial charge in [-0.05, 0) is 53.4 Å². The Balaban J connectivity index is 1.20. The van der Waals surface area contributed by atoms with E-state index in [-0.39, 0.29) is 37.1 Å². The zero-order valence-corrected chi connectivity index (χ0v) is 28.3. The first-order valence-corrected chi connectivity index (χ1v) is 16.8. The zero-order valence-electron chi connectivity index (χ0n) is 28.3. The first-order valence-electron chi connectivity index (χ1n) is 16.8. The van der Waals surface area contributed by atoms with Crippen molar-refractivity contribution in [2.75, 3.05) is 26.7 Å². The van der Waals surface area contributed by atoms with E-state index >= 15 is 0 Å². The Morgan fingerprint density at radius 1 is 0.489 bits per heavy atom. The second kappa shape index (κ2) is 17.6. The highest BCUT2D eigenvalue weighted by Gasteiger charge is 2.45. The predicted molar refractivity (Wildman–Crippen MR) is 189 cm³/mol. The highest BCUT2D eigenvalue weighted by molar-refractivity contribution is 5.93. The van der Waals surface area contributed by atoms with E-state index in [2.05, 4.69) is 38.3 Å². The molecule has 4 rings (SSSR count). The molecule has 2 amide bonds. The average Bonchev–Trinajstić information content (AvgIpc) is 3.09. The van der Waals surface area contributed by atoms with Crippen molar-refractivity contribution in [3.05, 3.63) is 144 Å². The summed E-state index contributed by atoms with van der Waals surface area (Å²) in [6, 6.07) is 39.9. The number of amides is 2. The Labute approximate surface area is 280 Å². The van der Waals surface area contributed by atoms with Crippen LogP contribution in [-0.4, -0.2) is 38.5 Å². The van der Waals surface area contributed by atoms with Gasteiger partial charge in [-0.1, -0.05) is 149 Å². The molecule has 0 spiro atoms. The molecule has 2 N–H and O–H groups in total. The van der Waals surface area contributed by atoms with Crippen LogP contribution in [0.5, 0.6) is 0 Å². The lowest BCUT2D eigenvalue weighted by Gasteiger charge is -2.37. The Morgan fingerprint density at radius 2 is 0.766 bits per heavy atom. The maximum atomic E-state index is 13.8. The lowest BCUT2D eigenvalue weighted by atomic mass is 9.66. The van der Waals surface area contributed by atoms with Crippen molar-refractivity contribution in [2.24, 2.45) is 11.8 Å². The standard InChI is InChI=1S/C41H50N2O4/c1-32(2)40(34-20-10-5-11-21-34,35-22-12-6-13-23-35)38(44)42-30-46-28-18-9-19-29-47-31-43-39(45)41(33(3)4,36-24-14-7-15-25-36)37-26-16-8-17-27-37/h5-8,10-17,20-27,32-33H,9,18-19,28-31H2,1-4H3,(H,42,44)(H,43,45). The van der Waals surface area contributed by atoms with E-state index in [9.17, 15) is 9.59 Å². The molecular weight excluding hydrogens is 584 g/mol. The van der Waals surface area contributed by atoms with Gasteiger partial charge in [0.15, 0.2) is 0 Å². The summed E-state index contributed by atoms with van der Waals surface area (Å²) >= 11 is 0. The number of ether oxygens (including phenoxy) is 2. The van der Waals surface area contributed by atoms with Crippen molar-refractivity contribution in [3.8, 4) is 0 Å². The molecule has 0 heterocycles. The maximum absolute atomic E-state index is 13.8. The molecule has 47 heavy (non-hydrogen) atoms. The smallest absolute Gasteiger partial charge is 0.237 e. The number of rotatable bonds is 18. The third-order valence-electron chi connectivity index (χ3n) is 9.11. The predicted octanol–water partition coefficient (Wildman–Crippen LogP) is 7.62. The molecule has 0 atom stereocenters. The number of hydrogen-bond donors (Lipinski definition) is 2. The van der Waals surface area contributed by atoms with Crippen LogP contribution in [0.2, 0.25) is 0 Å². The van der Waals surface area contributed by atoms with Gasteiger partial charge in [0.2, 0.25) is 11.8 Å². The van der Waals surface area contributed by atoms with Crippen molar-refractivity contribution in [2.45, 2.75) is 57.8 Å². The highest BCUT2D eigenvalue weighted by atomic mass is 16.5. The molecule has 6 heteroatoms. The van der Waals surface area contributed by atoms with E-state index in [1.807, 2.05) is 121 Å². The van der Waals surface area contributed by atoms with Crippen molar-refractivity contribution >= 4 is 11.8 Å². The molecule has 0 unspecified atom stereocenters. The minimum Gasteiger partial charge on any atom is -0.361 e. The van der Waals surface area contributed by atoms with Crippen LogP contribution in [0, 0.1) is 11.8 Å². The molecule has 0 radical (unpaired) electrons. The molecule has 0 aromatic heterocycles. The number of carbonyl (C=O) groups excluding carboxylic acids is 2. The molecule has 0 saturated carbocycles. The minimum absolute atomic E-state index is 0.0237.